The molecule has 0 spiro atoms. The third-order valence-electron chi connectivity index (χ3n) is 6.30. The standard InChI is InChI=1S/C25H34N2O2/c1-4-12-27-13-10-21(11-14-27)29-23-8-9-24-20(16-23)17-26(2)18-25(24)19-6-5-7-22(15-19)28-3/h5-9,15-16,21,25H,4,10-14,17-18H2,1-3H3. The number of methoxy groups -OCH3 is 1. The van der Waals surface area contributed by atoms with Crippen LogP contribution < -0.4 is 9.47 Å². The molecule has 0 amide bonds. The van der Waals surface area contributed by atoms with Gasteiger partial charge in [-0.25, -0.2) is 0 Å². The summed E-state index contributed by atoms with van der Waals surface area (Å²) in [6.45, 7) is 7.78. The summed E-state index contributed by atoms with van der Waals surface area (Å²) in [6.07, 6.45) is 3.84. The summed E-state index contributed by atoms with van der Waals surface area (Å²) in [4.78, 5) is 4.96. The van der Waals surface area contributed by atoms with Crippen molar-refractivity contribution in [2.24, 2.45) is 0 Å². The minimum absolute atomic E-state index is 0.344. The Morgan fingerprint density at radius 1 is 1.03 bits per heavy atom. The van der Waals surface area contributed by atoms with E-state index in [0.717, 1.165) is 50.5 Å². The van der Waals surface area contributed by atoms with Crippen LogP contribution in [0.1, 0.15) is 48.8 Å². The van der Waals surface area contributed by atoms with Gasteiger partial charge in [0.2, 0.25) is 0 Å². The molecule has 0 radical (unpaired) electrons. The molecule has 4 nitrogen and oxygen atoms in total. The van der Waals surface area contributed by atoms with Crippen molar-refractivity contribution in [2.45, 2.75) is 44.8 Å². The van der Waals surface area contributed by atoms with E-state index in [2.05, 4.69) is 60.2 Å². The molecular weight excluding hydrogens is 360 g/mol. The Morgan fingerprint density at radius 3 is 2.62 bits per heavy atom. The number of hydrogen-bond acceptors (Lipinski definition) is 4. The van der Waals surface area contributed by atoms with Crippen LogP contribution in [0.4, 0.5) is 0 Å². The third kappa shape index (κ3) is 4.76. The van der Waals surface area contributed by atoms with Crippen molar-refractivity contribution in [3.05, 3.63) is 59.2 Å². The van der Waals surface area contributed by atoms with Crippen LogP contribution in [-0.2, 0) is 6.54 Å². The van der Waals surface area contributed by atoms with Crippen LogP contribution in [-0.4, -0.2) is 56.2 Å². The van der Waals surface area contributed by atoms with Crippen LogP contribution in [0.15, 0.2) is 42.5 Å². The number of fused-ring (bicyclic) bond motifs is 1. The zero-order valence-corrected chi connectivity index (χ0v) is 18.1. The predicted octanol–water partition coefficient (Wildman–Crippen LogP) is 4.53. The first kappa shape index (κ1) is 20.2. The van der Waals surface area contributed by atoms with E-state index in [1.165, 1.54) is 29.7 Å². The van der Waals surface area contributed by atoms with Crippen LogP contribution in [0, 0.1) is 0 Å². The van der Waals surface area contributed by atoms with Gasteiger partial charge in [-0.05, 0) is 73.8 Å². The number of likely N-dealkylation sites (N-methyl/N-ethyl adjacent to an activating group) is 1. The van der Waals surface area contributed by atoms with Gasteiger partial charge in [0.1, 0.15) is 17.6 Å². The van der Waals surface area contributed by atoms with Gasteiger partial charge >= 0.3 is 0 Å². The number of rotatable bonds is 6. The molecular formula is C25H34N2O2. The molecule has 2 aromatic rings. The molecule has 1 unspecified atom stereocenters. The number of piperidine rings is 1. The molecule has 0 saturated carbocycles. The summed E-state index contributed by atoms with van der Waals surface area (Å²) in [5, 5.41) is 0. The van der Waals surface area contributed by atoms with Gasteiger partial charge in [0, 0.05) is 32.1 Å². The predicted molar refractivity (Wildman–Crippen MR) is 118 cm³/mol. The summed E-state index contributed by atoms with van der Waals surface area (Å²) < 4.78 is 11.8. The molecule has 1 fully saturated rings. The van der Waals surface area contributed by atoms with Crippen molar-refractivity contribution in [2.75, 3.05) is 40.3 Å². The summed E-state index contributed by atoms with van der Waals surface area (Å²) in [7, 11) is 3.93. The SMILES string of the molecule is CCCN1CCC(Oc2ccc3c(c2)CN(C)CC3c2cccc(OC)c2)CC1. The van der Waals surface area contributed by atoms with E-state index in [1.807, 2.05) is 6.07 Å². The Labute approximate surface area is 175 Å². The first-order chi connectivity index (χ1) is 14.2. The van der Waals surface area contributed by atoms with E-state index in [1.54, 1.807) is 7.11 Å². The molecule has 2 heterocycles. The zero-order chi connectivity index (χ0) is 20.2. The van der Waals surface area contributed by atoms with Gasteiger partial charge in [0.05, 0.1) is 7.11 Å². The van der Waals surface area contributed by atoms with E-state index in [-0.39, 0.29) is 0 Å². The van der Waals surface area contributed by atoms with E-state index < -0.39 is 0 Å². The molecule has 0 N–H and O–H groups in total. The highest BCUT2D eigenvalue weighted by molar-refractivity contribution is 5.45. The minimum Gasteiger partial charge on any atom is -0.497 e. The van der Waals surface area contributed by atoms with Gasteiger partial charge in [-0.2, -0.15) is 0 Å². The maximum absolute atomic E-state index is 6.40. The lowest BCUT2D eigenvalue weighted by Gasteiger charge is -2.34. The van der Waals surface area contributed by atoms with Crippen LogP contribution in [0.25, 0.3) is 0 Å². The Hall–Kier alpha value is -2.04. The fraction of sp³-hybridized carbons (Fsp3) is 0.520. The van der Waals surface area contributed by atoms with Crippen LogP contribution in [0.2, 0.25) is 0 Å². The Balaban J connectivity index is 1.50. The van der Waals surface area contributed by atoms with Gasteiger partial charge in [0.15, 0.2) is 0 Å². The third-order valence-corrected chi connectivity index (χ3v) is 6.30. The molecule has 156 valence electrons. The van der Waals surface area contributed by atoms with Crippen molar-refractivity contribution in [1.82, 2.24) is 9.80 Å². The lowest BCUT2D eigenvalue weighted by Crippen LogP contribution is -2.38. The van der Waals surface area contributed by atoms with Crippen molar-refractivity contribution >= 4 is 0 Å². The second-order valence-electron chi connectivity index (χ2n) is 8.55. The monoisotopic (exact) mass is 394 g/mol. The maximum Gasteiger partial charge on any atom is 0.120 e. The molecule has 0 bridgehead atoms. The number of nitrogens with zero attached hydrogens (tertiary/aromatic N) is 2. The summed E-state index contributed by atoms with van der Waals surface area (Å²) >= 11 is 0. The quantitative estimate of drug-likeness (QED) is 0.719. The normalized spacial score (nSPS) is 21.0. The first-order valence-corrected chi connectivity index (χ1v) is 11.0. The average molecular weight is 395 g/mol. The largest absolute Gasteiger partial charge is 0.497 e. The Kier molecular flexibility index (Phi) is 6.41. The zero-order valence-electron chi connectivity index (χ0n) is 18.1. The summed E-state index contributed by atoms with van der Waals surface area (Å²) in [6, 6.07) is 15.2. The molecule has 1 saturated heterocycles. The van der Waals surface area contributed by atoms with Gasteiger partial charge < -0.3 is 19.3 Å². The Morgan fingerprint density at radius 2 is 1.86 bits per heavy atom. The van der Waals surface area contributed by atoms with E-state index >= 15 is 0 Å². The van der Waals surface area contributed by atoms with Gasteiger partial charge in [-0.1, -0.05) is 25.1 Å². The summed E-state index contributed by atoms with van der Waals surface area (Å²) in [5.74, 6) is 2.31. The van der Waals surface area contributed by atoms with E-state index in [0.29, 0.717) is 12.0 Å². The highest BCUT2D eigenvalue weighted by atomic mass is 16.5. The second kappa shape index (κ2) is 9.19. The number of benzene rings is 2. The highest BCUT2D eigenvalue weighted by Gasteiger charge is 2.26. The average Bonchev–Trinajstić information content (AvgIpc) is 2.74. The lowest BCUT2D eigenvalue weighted by molar-refractivity contribution is 0.100. The van der Waals surface area contributed by atoms with E-state index in [4.69, 9.17) is 9.47 Å². The van der Waals surface area contributed by atoms with Crippen LogP contribution in [0.3, 0.4) is 0 Å². The van der Waals surface area contributed by atoms with Crippen molar-refractivity contribution < 1.29 is 9.47 Å². The fourth-order valence-corrected chi connectivity index (χ4v) is 4.80. The lowest BCUT2D eigenvalue weighted by atomic mass is 9.84. The molecule has 2 aromatic carbocycles. The molecule has 0 aliphatic carbocycles. The molecule has 0 aromatic heterocycles. The Bertz CT molecular complexity index is 814. The fourth-order valence-electron chi connectivity index (χ4n) is 4.80. The smallest absolute Gasteiger partial charge is 0.120 e. The van der Waals surface area contributed by atoms with Gasteiger partial charge in [0.25, 0.3) is 0 Å². The molecule has 29 heavy (non-hydrogen) atoms. The molecule has 2 aliphatic heterocycles. The molecule has 4 heteroatoms. The van der Waals surface area contributed by atoms with E-state index in [9.17, 15) is 0 Å². The number of ether oxygens (including phenoxy) is 2. The van der Waals surface area contributed by atoms with Crippen molar-refractivity contribution in [3.8, 4) is 11.5 Å². The molecule has 1 atom stereocenters. The topological polar surface area (TPSA) is 24.9 Å². The van der Waals surface area contributed by atoms with Crippen LogP contribution in [0.5, 0.6) is 11.5 Å². The molecule has 4 rings (SSSR count). The summed E-state index contributed by atoms with van der Waals surface area (Å²) in [5.41, 5.74) is 4.11. The highest BCUT2D eigenvalue weighted by Crippen LogP contribution is 2.36. The second-order valence-corrected chi connectivity index (χ2v) is 8.55. The van der Waals surface area contributed by atoms with Gasteiger partial charge in [-0.15, -0.1) is 0 Å². The maximum atomic E-state index is 6.40. The first-order valence-electron chi connectivity index (χ1n) is 11.0. The van der Waals surface area contributed by atoms with Crippen LogP contribution >= 0.6 is 0 Å². The van der Waals surface area contributed by atoms with Gasteiger partial charge in [-0.3, -0.25) is 0 Å². The minimum atomic E-state index is 0.344. The number of hydrogen-bond donors (Lipinski definition) is 0. The van der Waals surface area contributed by atoms with Crippen molar-refractivity contribution in [1.29, 1.82) is 0 Å². The molecule has 2 aliphatic rings. The van der Waals surface area contributed by atoms with Crippen molar-refractivity contribution in [3.63, 3.8) is 0 Å². The number of likely N-dealkylation sites (tertiary alicyclic amines) is 1.